The Morgan fingerprint density at radius 1 is 0.595 bits per heavy atom. The number of likely N-dealkylation sites (N-methyl/N-ethyl adjacent to an activating group) is 2. The lowest BCUT2D eigenvalue weighted by Crippen LogP contribution is -2.70. The van der Waals surface area contributed by atoms with Gasteiger partial charge in [-0.05, 0) is 11.1 Å². The van der Waals surface area contributed by atoms with Gasteiger partial charge in [-0.3, -0.25) is 19.2 Å². The maximum Gasteiger partial charge on any atom is 0.611 e. The van der Waals surface area contributed by atoms with Gasteiger partial charge in [0.05, 0.1) is 0 Å². The lowest BCUT2D eigenvalue weighted by Gasteiger charge is -2.46. The van der Waals surface area contributed by atoms with E-state index in [1.807, 2.05) is 12.1 Å². The molecule has 0 spiro atoms. The summed E-state index contributed by atoms with van der Waals surface area (Å²) in [6.07, 6.45) is 1.27. The molecule has 2 aromatic carbocycles. The summed E-state index contributed by atoms with van der Waals surface area (Å²) >= 11 is 6.79. The van der Waals surface area contributed by atoms with Crippen LogP contribution in [0.4, 0.5) is 0 Å². The van der Waals surface area contributed by atoms with Crippen molar-refractivity contribution in [1.82, 2.24) is 0 Å². The molecule has 4 saturated heterocycles. The number of alkyl halides is 2. The van der Waals surface area contributed by atoms with E-state index in [4.69, 9.17) is 18.6 Å². The summed E-state index contributed by atoms with van der Waals surface area (Å²) in [6, 6.07) is 17.6. The first-order valence-electron chi connectivity index (χ1n) is 13.0. The van der Waals surface area contributed by atoms with Gasteiger partial charge in [0.2, 0.25) is 0 Å². The van der Waals surface area contributed by atoms with Crippen molar-refractivity contribution in [2.75, 3.05) is 40.3 Å². The summed E-state index contributed by atoms with van der Waals surface area (Å²) in [6.45, 7) is -5.09. The van der Waals surface area contributed by atoms with E-state index in [2.05, 4.69) is 31.9 Å². The van der Waals surface area contributed by atoms with Crippen molar-refractivity contribution in [3.63, 3.8) is 0 Å². The molecule has 4 fully saturated rings. The first kappa shape index (κ1) is 30.1. The first-order valence-corrected chi connectivity index (χ1v) is 14.6. The van der Waals surface area contributed by atoms with Crippen LogP contribution in [0.3, 0.4) is 0 Å². The van der Waals surface area contributed by atoms with Crippen molar-refractivity contribution in [1.29, 1.82) is 0 Å². The molecule has 0 unspecified atom stereocenters. The smallest absolute Gasteiger partial charge is 0.599 e. The minimum Gasteiger partial charge on any atom is -0.599 e. The maximum atomic E-state index is 11.9. The van der Waals surface area contributed by atoms with Crippen LogP contribution < -0.4 is 0 Å². The minimum atomic E-state index is -2.55. The molecule has 0 saturated carbocycles. The molecular formula is C26H26B2Br2N2O10. The molecule has 12 nitrogen and oxygen atoms in total. The molecule has 2 atom stereocenters. The van der Waals surface area contributed by atoms with E-state index >= 15 is 0 Å². The van der Waals surface area contributed by atoms with Gasteiger partial charge in [0.15, 0.2) is 0 Å². The van der Waals surface area contributed by atoms with Crippen LogP contribution in [0.15, 0.2) is 60.7 Å². The molecule has 0 radical (unpaired) electrons. The summed E-state index contributed by atoms with van der Waals surface area (Å²) in [5.41, 5.74) is 1.16. The van der Waals surface area contributed by atoms with E-state index in [0.29, 0.717) is 23.7 Å². The van der Waals surface area contributed by atoms with Gasteiger partial charge in [-0.1, -0.05) is 92.5 Å². The summed E-state index contributed by atoms with van der Waals surface area (Å²) in [7, 11) is 3.39. The number of nitrogens with zero attached hydrogens (tertiary/aromatic N) is 2. The Morgan fingerprint density at radius 3 is 1.10 bits per heavy atom. The van der Waals surface area contributed by atoms with Crippen molar-refractivity contribution >= 4 is 81.7 Å². The van der Waals surface area contributed by atoms with Gasteiger partial charge in [-0.15, -0.1) is 0 Å². The van der Waals surface area contributed by atoms with Gasteiger partial charge in [0.1, 0.15) is 47.2 Å². The first-order chi connectivity index (χ1) is 19.7. The van der Waals surface area contributed by atoms with Gasteiger partial charge >= 0.3 is 37.3 Å². The van der Waals surface area contributed by atoms with E-state index in [1.54, 1.807) is 62.6 Å². The third-order valence-electron chi connectivity index (χ3n) is 8.60. The molecule has 4 heterocycles. The lowest BCUT2D eigenvalue weighted by atomic mass is 9.53. The number of hydrogen-bond donors (Lipinski definition) is 0. The average molecular weight is 708 g/mol. The molecule has 0 bridgehead atoms. The Bertz CT molecular complexity index is 1340. The number of fused-ring (bicyclic) bond motifs is 2. The number of quaternary nitrogens is 2. The molecule has 0 N–H and O–H groups in total. The number of carbonyl (C=O) groups is 6. The fourth-order valence-electron chi connectivity index (χ4n) is 6.56. The van der Waals surface area contributed by atoms with Crippen LogP contribution in [0.1, 0.15) is 11.1 Å². The van der Waals surface area contributed by atoms with E-state index in [1.165, 1.54) is 0 Å². The SMILES string of the molecule is C[N+]12CC(=O)O[B-]1([C@](Br)(C=O)c1ccccc1)OC(=O)C2.C[N+]12CC(=O)O[B-]1([C@](Br)(C=O)c1ccccc1)OC(=O)C2. The average Bonchev–Trinajstić information content (AvgIpc) is 3.55. The molecule has 4 aliphatic heterocycles. The molecule has 0 aliphatic carbocycles. The summed E-state index contributed by atoms with van der Waals surface area (Å²) < 4.78 is 18.8. The number of halogens is 2. The molecule has 0 aromatic heterocycles. The molecule has 6 rings (SSSR count). The third kappa shape index (κ3) is 4.10. The second kappa shape index (κ2) is 10.1. The minimum absolute atomic E-state index is 0.000235. The van der Waals surface area contributed by atoms with E-state index in [9.17, 15) is 28.8 Å². The Hall–Kier alpha value is -3.33. The Balaban J connectivity index is 0.000000168. The molecular weight excluding hydrogens is 682 g/mol. The molecule has 2 aromatic rings. The lowest BCUT2D eigenvalue weighted by molar-refractivity contribution is -0.794. The highest BCUT2D eigenvalue weighted by Crippen LogP contribution is 2.50. The second-order valence-electron chi connectivity index (χ2n) is 11.4. The van der Waals surface area contributed by atoms with E-state index in [0.717, 1.165) is 0 Å². The van der Waals surface area contributed by atoms with Gasteiger partial charge in [-0.25, -0.2) is 0 Å². The zero-order valence-electron chi connectivity index (χ0n) is 22.6. The van der Waals surface area contributed by atoms with Crippen LogP contribution in [-0.4, -0.2) is 98.9 Å². The number of hydrogen-bond acceptors (Lipinski definition) is 10. The summed E-state index contributed by atoms with van der Waals surface area (Å²) in [4.78, 5) is 71.0. The van der Waals surface area contributed by atoms with Crippen LogP contribution in [-0.2, 0) is 55.8 Å². The predicted molar refractivity (Wildman–Crippen MR) is 154 cm³/mol. The summed E-state index contributed by atoms with van der Waals surface area (Å²) in [5, 5.41) is 0. The van der Waals surface area contributed by atoms with Gasteiger partial charge in [0, 0.05) is 14.1 Å². The van der Waals surface area contributed by atoms with Crippen LogP contribution in [0.25, 0.3) is 0 Å². The Kier molecular flexibility index (Phi) is 7.28. The largest absolute Gasteiger partial charge is 0.611 e. The molecule has 220 valence electrons. The number of carbonyl (C=O) groups excluding carboxylic acids is 6. The molecule has 4 aliphatic rings. The van der Waals surface area contributed by atoms with Crippen LogP contribution in [0.5, 0.6) is 0 Å². The van der Waals surface area contributed by atoms with Crippen LogP contribution in [0, 0.1) is 0 Å². The summed E-state index contributed by atoms with van der Waals surface area (Å²) in [5.74, 6) is -1.92. The van der Waals surface area contributed by atoms with Crippen molar-refractivity contribution in [2.24, 2.45) is 0 Å². The fraction of sp³-hybridized carbons (Fsp3) is 0.308. The third-order valence-corrected chi connectivity index (χ3v) is 11.1. The number of aldehydes is 2. The highest BCUT2D eigenvalue weighted by Gasteiger charge is 2.76. The standard InChI is InChI=1S/2C13H13BBrNO5/c2*1-16-7-11(18)20-14(16,21-12(19)8-16)13(15,9-17)10-5-3-2-4-6-10/h2*2-6,9H,7-8H2,1H3/t2*13-,14?,16?/m00/s1. The topological polar surface area (TPSA) is 139 Å². The Morgan fingerprint density at radius 2 is 0.857 bits per heavy atom. The zero-order chi connectivity index (χ0) is 30.6. The molecule has 16 heteroatoms. The van der Waals surface area contributed by atoms with Crippen molar-refractivity contribution in [3.8, 4) is 0 Å². The van der Waals surface area contributed by atoms with Crippen LogP contribution >= 0.6 is 31.9 Å². The maximum absolute atomic E-state index is 11.9. The van der Waals surface area contributed by atoms with Crippen molar-refractivity contribution < 1.29 is 56.2 Å². The zero-order valence-corrected chi connectivity index (χ0v) is 25.8. The molecule has 0 amide bonds. The monoisotopic (exact) mass is 706 g/mol. The van der Waals surface area contributed by atoms with Crippen molar-refractivity contribution in [3.05, 3.63) is 71.8 Å². The van der Waals surface area contributed by atoms with Gasteiger partial charge in [-0.2, -0.15) is 0 Å². The quantitative estimate of drug-likeness (QED) is 0.243. The highest BCUT2D eigenvalue weighted by molar-refractivity contribution is 9.10. The number of benzene rings is 2. The van der Waals surface area contributed by atoms with E-state index in [-0.39, 0.29) is 35.0 Å². The van der Waals surface area contributed by atoms with Crippen molar-refractivity contribution in [2.45, 2.75) is 8.45 Å². The molecule has 42 heavy (non-hydrogen) atoms. The second-order valence-corrected chi connectivity index (χ2v) is 14.0. The van der Waals surface area contributed by atoms with E-state index < -0.39 is 45.7 Å². The Labute approximate surface area is 257 Å². The van der Waals surface area contributed by atoms with Crippen LogP contribution in [0.2, 0.25) is 0 Å². The normalized spacial score (nSPS) is 33.8. The van der Waals surface area contributed by atoms with Gasteiger partial charge < -0.3 is 37.0 Å². The highest BCUT2D eigenvalue weighted by atomic mass is 79.9. The fourth-order valence-corrected chi connectivity index (χ4v) is 8.45. The predicted octanol–water partition coefficient (Wildman–Crippen LogP) is 1.03. The van der Waals surface area contributed by atoms with Gasteiger partial charge in [0.25, 0.3) is 0 Å². The number of rotatable bonds is 6.